The highest BCUT2D eigenvalue weighted by Crippen LogP contribution is 2.23. The van der Waals surface area contributed by atoms with Crippen LogP contribution in [0.5, 0.6) is 0 Å². The van der Waals surface area contributed by atoms with Gasteiger partial charge in [0.1, 0.15) is 5.69 Å². The van der Waals surface area contributed by atoms with Crippen LogP contribution in [0.25, 0.3) is 0 Å². The summed E-state index contributed by atoms with van der Waals surface area (Å²) < 4.78 is 0. The predicted molar refractivity (Wildman–Crippen MR) is 69.9 cm³/mol. The van der Waals surface area contributed by atoms with E-state index < -0.39 is 0 Å². The Morgan fingerprint density at radius 3 is 2.53 bits per heavy atom. The number of hydrogen-bond donors (Lipinski definition) is 2. The molecule has 0 saturated heterocycles. The minimum atomic E-state index is -0.138. The van der Waals surface area contributed by atoms with E-state index >= 15 is 0 Å². The first kappa shape index (κ1) is 11.6. The Kier molecular flexibility index (Phi) is 2.85. The number of benzene rings is 1. The van der Waals surface area contributed by atoms with Crippen LogP contribution in [0.3, 0.4) is 0 Å². The van der Waals surface area contributed by atoms with E-state index in [9.17, 15) is 4.79 Å². The Hall–Kier alpha value is -2.47. The van der Waals surface area contributed by atoms with E-state index in [1.165, 1.54) is 23.5 Å². The molecule has 1 amide bonds. The minimum absolute atomic E-state index is 0.138. The molecule has 0 radical (unpaired) electrons. The number of nitrogens with one attached hydrogen (secondary N) is 1. The second-order valence-corrected chi connectivity index (χ2v) is 4.36. The van der Waals surface area contributed by atoms with Gasteiger partial charge in [-0.1, -0.05) is 24.3 Å². The molecule has 0 aliphatic carbocycles. The van der Waals surface area contributed by atoms with Gasteiger partial charge in [-0.25, -0.2) is 10.8 Å². The third-order valence-electron chi connectivity index (χ3n) is 3.13. The number of nitrogen functional groups attached to an aromatic ring is 1. The van der Waals surface area contributed by atoms with Crippen molar-refractivity contribution in [1.29, 1.82) is 0 Å². The van der Waals surface area contributed by atoms with Gasteiger partial charge in [-0.15, -0.1) is 0 Å². The number of carbonyl (C=O) groups excluding carboxylic acids is 1. The SMILES string of the molecule is NNc1cncc(C(=O)N2Cc3ccccc3C2)n1. The summed E-state index contributed by atoms with van der Waals surface area (Å²) in [5.41, 5.74) is 5.04. The van der Waals surface area contributed by atoms with E-state index in [0.717, 1.165) is 0 Å². The van der Waals surface area contributed by atoms with E-state index in [1.807, 2.05) is 24.3 Å². The highest BCUT2D eigenvalue weighted by atomic mass is 16.2. The number of anilines is 1. The van der Waals surface area contributed by atoms with Crippen LogP contribution in [-0.2, 0) is 13.1 Å². The van der Waals surface area contributed by atoms with Crippen LogP contribution >= 0.6 is 0 Å². The third kappa shape index (κ3) is 2.13. The van der Waals surface area contributed by atoms with E-state index in [4.69, 9.17) is 5.84 Å². The van der Waals surface area contributed by atoms with E-state index in [0.29, 0.717) is 24.6 Å². The number of hydrogen-bond acceptors (Lipinski definition) is 5. The molecule has 96 valence electrons. The highest BCUT2D eigenvalue weighted by molar-refractivity contribution is 5.92. The van der Waals surface area contributed by atoms with Crippen molar-refractivity contribution in [2.24, 2.45) is 5.84 Å². The van der Waals surface area contributed by atoms with Crippen LogP contribution in [0.15, 0.2) is 36.7 Å². The zero-order valence-electron chi connectivity index (χ0n) is 10.2. The van der Waals surface area contributed by atoms with Gasteiger partial charge in [-0.05, 0) is 11.1 Å². The Morgan fingerprint density at radius 2 is 1.89 bits per heavy atom. The van der Waals surface area contributed by atoms with Gasteiger partial charge in [0.05, 0.1) is 12.4 Å². The van der Waals surface area contributed by atoms with Crippen LogP contribution in [-0.4, -0.2) is 20.8 Å². The van der Waals surface area contributed by atoms with E-state index in [-0.39, 0.29) is 5.91 Å². The molecular formula is C13H13N5O. The number of rotatable bonds is 2. The summed E-state index contributed by atoms with van der Waals surface area (Å²) >= 11 is 0. The van der Waals surface area contributed by atoms with E-state index in [1.54, 1.807) is 4.90 Å². The average molecular weight is 255 g/mol. The monoisotopic (exact) mass is 255 g/mol. The Bertz CT molecular complexity index is 603. The molecule has 2 aromatic rings. The first-order valence-electron chi connectivity index (χ1n) is 5.92. The van der Waals surface area contributed by atoms with Crippen LogP contribution in [0.2, 0.25) is 0 Å². The molecule has 3 N–H and O–H groups in total. The normalized spacial score (nSPS) is 13.2. The number of nitrogens with zero attached hydrogens (tertiary/aromatic N) is 3. The number of aromatic nitrogens is 2. The quantitative estimate of drug-likeness (QED) is 0.615. The molecule has 3 rings (SSSR count). The molecule has 2 heterocycles. The summed E-state index contributed by atoms with van der Waals surface area (Å²) in [6.07, 6.45) is 2.92. The maximum atomic E-state index is 12.3. The largest absolute Gasteiger partial charge is 0.329 e. The molecule has 1 aliphatic rings. The molecule has 0 spiro atoms. The van der Waals surface area contributed by atoms with Crippen molar-refractivity contribution >= 4 is 11.7 Å². The smallest absolute Gasteiger partial charge is 0.274 e. The van der Waals surface area contributed by atoms with Crippen molar-refractivity contribution in [3.05, 3.63) is 53.5 Å². The van der Waals surface area contributed by atoms with Gasteiger partial charge in [0.2, 0.25) is 0 Å². The van der Waals surface area contributed by atoms with Crippen LogP contribution < -0.4 is 11.3 Å². The summed E-state index contributed by atoms with van der Waals surface area (Å²) in [4.78, 5) is 22.1. The lowest BCUT2D eigenvalue weighted by atomic mass is 10.1. The fourth-order valence-corrected chi connectivity index (χ4v) is 2.18. The third-order valence-corrected chi connectivity index (χ3v) is 3.13. The lowest BCUT2D eigenvalue weighted by Gasteiger charge is -2.14. The fourth-order valence-electron chi connectivity index (χ4n) is 2.18. The summed E-state index contributed by atoms with van der Waals surface area (Å²) in [7, 11) is 0. The number of fused-ring (bicyclic) bond motifs is 1. The van der Waals surface area contributed by atoms with Crippen molar-refractivity contribution < 1.29 is 4.79 Å². The highest BCUT2D eigenvalue weighted by Gasteiger charge is 2.24. The standard InChI is InChI=1S/C13H13N5O/c14-17-12-6-15-5-11(16-12)13(19)18-7-9-3-1-2-4-10(9)8-18/h1-6H,7-8,14H2,(H,16,17). The molecule has 0 bridgehead atoms. The number of hydrazine groups is 1. The zero-order chi connectivity index (χ0) is 13.2. The molecule has 0 fully saturated rings. The summed E-state index contributed by atoms with van der Waals surface area (Å²) in [6.45, 7) is 1.22. The Balaban J connectivity index is 1.83. The van der Waals surface area contributed by atoms with Crippen LogP contribution in [0.1, 0.15) is 21.6 Å². The maximum Gasteiger partial charge on any atom is 0.274 e. The topological polar surface area (TPSA) is 84.1 Å². The Morgan fingerprint density at radius 1 is 1.21 bits per heavy atom. The second-order valence-electron chi connectivity index (χ2n) is 4.36. The first-order chi connectivity index (χ1) is 9.28. The molecule has 0 atom stereocenters. The van der Waals surface area contributed by atoms with Crippen LogP contribution in [0.4, 0.5) is 5.82 Å². The predicted octanol–water partition coefficient (Wildman–Crippen LogP) is 0.918. The van der Waals surface area contributed by atoms with Crippen molar-refractivity contribution in [1.82, 2.24) is 14.9 Å². The average Bonchev–Trinajstić information content (AvgIpc) is 2.90. The lowest BCUT2D eigenvalue weighted by Crippen LogP contribution is -2.26. The zero-order valence-corrected chi connectivity index (χ0v) is 10.2. The molecule has 6 heteroatoms. The first-order valence-corrected chi connectivity index (χ1v) is 5.92. The number of amides is 1. The van der Waals surface area contributed by atoms with Gasteiger partial charge in [0, 0.05) is 13.1 Å². The lowest BCUT2D eigenvalue weighted by molar-refractivity contribution is 0.0745. The van der Waals surface area contributed by atoms with Gasteiger partial charge in [0.15, 0.2) is 5.82 Å². The fraction of sp³-hybridized carbons (Fsp3) is 0.154. The molecule has 1 aliphatic heterocycles. The Labute approximate surface area is 110 Å². The molecule has 6 nitrogen and oxygen atoms in total. The molecular weight excluding hydrogens is 242 g/mol. The van der Waals surface area contributed by atoms with Gasteiger partial charge in [-0.3, -0.25) is 9.78 Å². The van der Waals surface area contributed by atoms with Gasteiger partial charge < -0.3 is 10.3 Å². The van der Waals surface area contributed by atoms with Crippen molar-refractivity contribution in [3.63, 3.8) is 0 Å². The summed E-state index contributed by atoms with van der Waals surface area (Å²) in [6, 6.07) is 8.02. The van der Waals surface area contributed by atoms with Gasteiger partial charge in [0.25, 0.3) is 5.91 Å². The van der Waals surface area contributed by atoms with Crippen molar-refractivity contribution in [3.8, 4) is 0 Å². The minimum Gasteiger partial charge on any atom is -0.329 e. The maximum absolute atomic E-state index is 12.3. The van der Waals surface area contributed by atoms with Gasteiger partial charge in [-0.2, -0.15) is 0 Å². The van der Waals surface area contributed by atoms with Crippen molar-refractivity contribution in [2.75, 3.05) is 5.43 Å². The molecule has 1 aromatic heterocycles. The number of carbonyl (C=O) groups is 1. The molecule has 1 aromatic carbocycles. The van der Waals surface area contributed by atoms with Crippen molar-refractivity contribution in [2.45, 2.75) is 13.1 Å². The van der Waals surface area contributed by atoms with E-state index in [2.05, 4.69) is 15.4 Å². The number of nitrogens with two attached hydrogens (primary N) is 1. The summed E-state index contributed by atoms with van der Waals surface area (Å²) in [5, 5.41) is 0. The molecule has 19 heavy (non-hydrogen) atoms. The molecule has 0 saturated carbocycles. The van der Waals surface area contributed by atoms with Crippen LogP contribution in [0, 0.1) is 0 Å². The van der Waals surface area contributed by atoms with Gasteiger partial charge >= 0.3 is 0 Å². The second kappa shape index (κ2) is 4.66. The summed E-state index contributed by atoms with van der Waals surface area (Å²) in [5.74, 6) is 5.50. The molecule has 0 unspecified atom stereocenters.